The quantitative estimate of drug-likeness (QED) is 0.159. The fraction of sp³-hybridized carbons (Fsp3) is 0.128. The Kier molecular flexibility index (Phi) is 8.71. The van der Waals surface area contributed by atoms with E-state index in [1.54, 1.807) is 44.7 Å². The van der Waals surface area contributed by atoms with Crippen LogP contribution in [0.2, 0.25) is 0 Å². The zero-order valence-electron chi connectivity index (χ0n) is 25.6. The molecule has 46 heavy (non-hydrogen) atoms. The minimum Gasteiger partial charge on any atom is -0.493 e. The SMILES string of the molecule is COc1cc(CC2(C#N)c3c(ccc(OC)c3OCc3ccccc3)C=CN2C(=O)c2ccccc2)ccc1Oc1ccccc1. The van der Waals surface area contributed by atoms with Crippen molar-refractivity contribution in [1.82, 2.24) is 4.90 Å². The van der Waals surface area contributed by atoms with Crippen LogP contribution in [0, 0.1) is 11.3 Å². The predicted molar refractivity (Wildman–Crippen MR) is 176 cm³/mol. The van der Waals surface area contributed by atoms with Gasteiger partial charge in [-0.1, -0.05) is 78.9 Å². The third kappa shape index (κ3) is 5.89. The second kappa shape index (κ2) is 13.3. The van der Waals surface area contributed by atoms with Crippen molar-refractivity contribution in [3.05, 3.63) is 155 Å². The number of nitriles is 1. The Labute approximate surface area is 268 Å². The molecule has 1 aliphatic rings. The maximum absolute atomic E-state index is 14.2. The summed E-state index contributed by atoms with van der Waals surface area (Å²) in [6, 6.07) is 39.9. The van der Waals surface area contributed by atoms with E-state index in [-0.39, 0.29) is 18.9 Å². The number of para-hydroxylation sites is 1. The van der Waals surface area contributed by atoms with E-state index in [4.69, 9.17) is 18.9 Å². The number of carbonyl (C=O) groups is 1. The van der Waals surface area contributed by atoms with E-state index in [1.165, 1.54) is 4.90 Å². The van der Waals surface area contributed by atoms with Gasteiger partial charge in [-0.05, 0) is 65.2 Å². The van der Waals surface area contributed by atoms with Gasteiger partial charge in [-0.25, -0.2) is 0 Å². The molecule has 0 saturated heterocycles. The van der Waals surface area contributed by atoms with Crippen LogP contribution in [-0.2, 0) is 18.6 Å². The third-order valence-corrected chi connectivity index (χ3v) is 7.91. The van der Waals surface area contributed by atoms with Crippen molar-refractivity contribution in [2.45, 2.75) is 18.6 Å². The fourth-order valence-electron chi connectivity index (χ4n) is 5.68. The Balaban J connectivity index is 1.48. The average Bonchev–Trinajstić information content (AvgIpc) is 3.12. The molecule has 228 valence electrons. The van der Waals surface area contributed by atoms with Crippen LogP contribution in [0.15, 0.2) is 128 Å². The third-order valence-electron chi connectivity index (χ3n) is 7.91. The molecule has 1 unspecified atom stereocenters. The molecule has 1 aliphatic heterocycles. The van der Waals surface area contributed by atoms with Crippen LogP contribution in [0.25, 0.3) is 6.08 Å². The lowest BCUT2D eigenvalue weighted by Crippen LogP contribution is -2.49. The number of carbonyl (C=O) groups excluding carboxylic acids is 1. The number of methoxy groups -OCH3 is 2. The summed E-state index contributed by atoms with van der Waals surface area (Å²) in [5.74, 6) is 2.22. The summed E-state index contributed by atoms with van der Waals surface area (Å²) in [6.45, 7) is 0.241. The number of rotatable bonds is 10. The molecule has 0 bridgehead atoms. The van der Waals surface area contributed by atoms with Crippen molar-refractivity contribution in [1.29, 1.82) is 5.26 Å². The molecule has 7 heteroatoms. The summed E-state index contributed by atoms with van der Waals surface area (Å²) in [7, 11) is 3.13. The standard InChI is InChI=1S/C39H32N2O5/c1-43-34-21-19-30-22-23-41(38(42)31-14-8-4-9-15-31)39(27-40,36(30)37(34)45-26-28-12-6-3-7-13-28)25-29-18-20-33(35(24-29)44-2)46-32-16-10-5-11-17-32/h3-24H,25-26H2,1-2H3. The second-order valence-corrected chi connectivity index (χ2v) is 10.7. The van der Waals surface area contributed by atoms with Gasteiger partial charge in [0.15, 0.2) is 28.5 Å². The molecule has 0 N–H and O–H groups in total. The van der Waals surface area contributed by atoms with Crippen molar-refractivity contribution in [3.8, 4) is 34.8 Å². The number of hydrogen-bond acceptors (Lipinski definition) is 6. The molecule has 5 aromatic rings. The van der Waals surface area contributed by atoms with Crippen molar-refractivity contribution in [2.75, 3.05) is 14.2 Å². The maximum Gasteiger partial charge on any atom is 0.259 e. The Morgan fingerprint density at radius 1 is 0.761 bits per heavy atom. The first-order valence-electron chi connectivity index (χ1n) is 14.8. The number of benzene rings is 5. The summed E-state index contributed by atoms with van der Waals surface area (Å²) < 4.78 is 24.1. The van der Waals surface area contributed by atoms with E-state index in [1.807, 2.05) is 103 Å². The maximum atomic E-state index is 14.2. The molecule has 1 atom stereocenters. The van der Waals surface area contributed by atoms with Crippen molar-refractivity contribution in [3.63, 3.8) is 0 Å². The van der Waals surface area contributed by atoms with Gasteiger partial charge in [-0.3, -0.25) is 9.69 Å². The smallest absolute Gasteiger partial charge is 0.259 e. The van der Waals surface area contributed by atoms with E-state index < -0.39 is 5.54 Å². The van der Waals surface area contributed by atoms with Gasteiger partial charge in [0.25, 0.3) is 5.91 Å². The van der Waals surface area contributed by atoms with Crippen LogP contribution in [-0.4, -0.2) is 25.0 Å². The van der Waals surface area contributed by atoms with Gasteiger partial charge >= 0.3 is 0 Å². The summed E-state index contributed by atoms with van der Waals surface area (Å²) >= 11 is 0. The van der Waals surface area contributed by atoms with Crippen LogP contribution < -0.4 is 18.9 Å². The highest BCUT2D eigenvalue weighted by molar-refractivity contribution is 5.97. The van der Waals surface area contributed by atoms with Crippen LogP contribution in [0.3, 0.4) is 0 Å². The molecule has 1 amide bonds. The predicted octanol–water partition coefficient (Wildman–Crippen LogP) is 8.16. The first kappa shape index (κ1) is 30.0. The molecule has 7 nitrogen and oxygen atoms in total. The Morgan fingerprint density at radius 2 is 1.41 bits per heavy atom. The molecule has 0 aliphatic carbocycles. The van der Waals surface area contributed by atoms with Gasteiger partial charge in [0, 0.05) is 23.7 Å². The topological polar surface area (TPSA) is 81.0 Å². The van der Waals surface area contributed by atoms with E-state index in [0.29, 0.717) is 39.9 Å². The van der Waals surface area contributed by atoms with Crippen LogP contribution in [0.1, 0.15) is 32.6 Å². The first-order chi connectivity index (χ1) is 22.6. The minimum absolute atomic E-state index is 0.121. The molecular weight excluding hydrogens is 576 g/mol. The number of ether oxygens (including phenoxy) is 4. The lowest BCUT2D eigenvalue weighted by atomic mass is 9.78. The van der Waals surface area contributed by atoms with Gasteiger partial charge in [0.1, 0.15) is 12.4 Å². The van der Waals surface area contributed by atoms with E-state index in [2.05, 4.69) is 6.07 Å². The second-order valence-electron chi connectivity index (χ2n) is 10.7. The Hall–Kier alpha value is -6.00. The van der Waals surface area contributed by atoms with Gasteiger partial charge in [-0.2, -0.15) is 5.26 Å². The van der Waals surface area contributed by atoms with Gasteiger partial charge in [-0.15, -0.1) is 0 Å². The zero-order chi connectivity index (χ0) is 31.9. The number of hydrogen-bond donors (Lipinski definition) is 0. The molecule has 5 aromatic carbocycles. The average molecular weight is 609 g/mol. The number of nitrogens with zero attached hydrogens (tertiary/aromatic N) is 2. The highest BCUT2D eigenvalue weighted by Crippen LogP contribution is 2.48. The van der Waals surface area contributed by atoms with Crippen LogP contribution in [0.5, 0.6) is 28.7 Å². The molecule has 0 spiro atoms. The highest BCUT2D eigenvalue weighted by atomic mass is 16.5. The van der Waals surface area contributed by atoms with E-state index in [9.17, 15) is 10.1 Å². The first-order valence-corrected chi connectivity index (χ1v) is 14.8. The summed E-state index contributed by atoms with van der Waals surface area (Å²) in [6.07, 6.45) is 3.63. The monoisotopic (exact) mass is 608 g/mol. The molecule has 0 aromatic heterocycles. The fourth-order valence-corrected chi connectivity index (χ4v) is 5.68. The summed E-state index contributed by atoms with van der Waals surface area (Å²) in [4.78, 5) is 15.7. The normalized spacial score (nSPS) is 14.9. The lowest BCUT2D eigenvalue weighted by Gasteiger charge is -2.41. The van der Waals surface area contributed by atoms with Crippen molar-refractivity contribution in [2.24, 2.45) is 0 Å². The molecule has 0 radical (unpaired) electrons. The molecule has 1 heterocycles. The molecular formula is C39H32N2O5. The van der Waals surface area contributed by atoms with Gasteiger partial charge in [0.05, 0.1) is 20.3 Å². The Bertz CT molecular complexity index is 1900. The van der Waals surface area contributed by atoms with E-state index >= 15 is 0 Å². The Morgan fingerprint density at radius 3 is 2.09 bits per heavy atom. The molecule has 6 rings (SSSR count). The summed E-state index contributed by atoms with van der Waals surface area (Å²) in [5, 5.41) is 11.2. The van der Waals surface area contributed by atoms with Crippen LogP contribution >= 0.6 is 0 Å². The van der Waals surface area contributed by atoms with Crippen molar-refractivity contribution >= 4 is 12.0 Å². The number of fused-ring (bicyclic) bond motifs is 1. The minimum atomic E-state index is -1.52. The molecule has 0 saturated carbocycles. The summed E-state index contributed by atoms with van der Waals surface area (Å²) in [5.41, 5.74) is 1.92. The van der Waals surface area contributed by atoms with Gasteiger partial charge in [0.2, 0.25) is 0 Å². The highest BCUT2D eigenvalue weighted by Gasteiger charge is 2.47. The molecule has 0 fully saturated rings. The zero-order valence-corrected chi connectivity index (χ0v) is 25.6. The lowest BCUT2D eigenvalue weighted by molar-refractivity contribution is 0.0692. The van der Waals surface area contributed by atoms with Crippen LogP contribution in [0.4, 0.5) is 0 Å². The largest absolute Gasteiger partial charge is 0.493 e. The van der Waals surface area contributed by atoms with Crippen molar-refractivity contribution < 1.29 is 23.7 Å². The van der Waals surface area contributed by atoms with Gasteiger partial charge < -0.3 is 18.9 Å². The van der Waals surface area contributed by atoms with E-state index in [0.717, 1.165) is 16.7 Å². The number of amides is 1.